The van der Waals surface area contributed by atoms with Crippen LogP contribution in [0.25, 0.3) is 11.4 Å². The van der Waals surface area contributed by atoms with Crippen LogP contribution in [0.1, 0.15) is 54.6 Å². The van der Waals surface area contributed by atoms with E-state index in [1.54, 1.807) is 0 Å². The van der Waals surface area contributed by atoms with E-state index in [0.29, 0.717) is 11.4 Å². The van der Waals surface area contributed by atoms with Gasteiger partial charge in [-0.3, -0.25) is 14.4 Å². The van der Waals surface area contributed by atoms with E-state index in [4.69, 9.17) is 9.47 Å². The van der Waals surface area contributed by atoms with Gasteiger partial charge in [0.15, 0.2) is 5.82 Å². The molecule has 12 heteroatoms. The Kier molecular flexibility index (Phi) is 10.6. The first-order valence-corrected chi connectivity index (χ1v) is 15.2. The molecule has 1 aromatic heterocycles. The number of hydrogen-bond donors (Lipinski definition) is 2. The highest BCUT2D eigenvalue weighted by atomic mass is 16.6. The van der Waals surface area contributed by atoms with Gasteiger partial charge in [-0.25, -0.2) is 9.78 Å². The minimum absolute atomic E-state index is 0.00128. The molecule has 3 aromatic rings. The van der Waals surface area contributed by atoms with Crippen LogP contribution in [0.5, 0.6) is 5.88 Å². The normalized spacial score (nSPS) is 15.7. The second-order valence-corrected chi connectivity index (χ2v) is 11.1. The standard InChI is InChI=1S/C33H37N5O7/c39-29(40)16-15-26(32(42)37-17-19-38(20-18-37)33(43)44-22-23-9-3-1-4-10-23)35-31(41)27-21-28(45-25-13-7-8-14-25)36-30(34-27)24-11-5-2-6-12-24/h1-6,9-12,21,25-26H,7-8,13-20,22H2,(H,35,41)(H,39,40). The molecule has 1 saturated heterocycles. The topological polar surface area (TPSA) is 151 Å². The number of aromatic nitrogens is 2. The Bertz CT molecular complexity index is 1470. The maximum Gasteiger partial charge on any atom is 0.410 e. The van der Waals surface area contributed by atoms with Crippen molar-refractivity contribution in [1.82, 2.24) is 25.1 Å². The highest BCUT2D eigenvalue weighted by Crippen LogP contribution is 2.25. The first kappa shape index (κ1) is 31.4. The number of benzene rings is 2. The summed E-state index contributed by atoms with van der Waals surface area (Å²) in [5.74, 6) is -1.59. The molecule has 0 bridgehead atoms. The number of nitrogens with one attached hydrogen (secondary N) is 1. The van der Waals surface area contributed by atoms with Crippen LogP contribution in [-0.2, 0) is 20.9 Å². The van der Waals surface area contributed by atoms with Crippen molar-refractivity contribution in [2.45, 2.75) is 57.3 Å². The van der Waals surface area contributed by atoms with Crippen LogP contribution in [0.3, 0.4) is 0 Å². The number of nitrogens with zero attached hydrogens (tertiary/aromatic N) is 4. The average molecular weight is 616 g/mol. The Morgan fingerprint density at radius 1 is 0.889 bits per heavy atom. The van der Waals surface area contributed by atoms with Crippen molar-refractivity contribution >= 4 is 23.9 Å². The number of carboxylic acids is 1. The van der Waals surface area contributed by atoms with Crippen LogP contribution in [0, 0.1) is 0 Å². The molecule has 1 aliphatic heterocycles. The smallest absolute Gasteiger partial charge is 0.410 e. The van der Waals surface area contributed by atoms with Gasteiger partial charge in [0, 0.05) is 44.2 Å². The predicted octanol–water partition coefficient (Wildman–Crippen LogP) is 3.91. The first-order valence-electron chi connectivity index (χ1n) is 15.2. The van der Waals surface area contributed by atoms with Crippen LogP contribution in [-0.4, -0.2) is 87.1 Å². The molecule has 1 unspecified atom stereocenters. The van der Waals surface area contributed by atoms with E-state index < -0.39 is 29.9 Å². The third-order valence-corrected chi connectivity index (χ3v) is 7.86. The second-order valence-electron chi connectivity index (χ2n) is 11.1. The molecule has 12 nitrogen and oxygen atoms in total. The van der Waals surface area contributed by atoms with Gasteiger partial charge in [-0.15, -0.1) is 0 Å². The van der Waals surface area contributed by atoms with E-state index >= 15 is 0 Å². The lowest BCUT2D eigenvalue weighted by Crippen LogP contribution is -2.56. The van der Waals surface area contributed by atoms with E-state index in [1.165, 1.54) is 15.9 Å². The number of carboxylic acid groups (broad SMARTS) is 1. The number of carbonyl (C=O) groups is 4. The fourth-order valence-corrected chi connectivity index (χ4v) is 5.39. The third kappa shape index (κ3) is 8.78. The molecule has 5 rings (SSSR count). The Morgan fingerprint density at radius 2 is 1.53 bits per heavy atom. The first-order chi connectivity index (χ1) is 21.9. The summed E-state index contributed by atoms with van der Waals surface area (Å²) in [6, 6.07) is 18.9. The lowest BCUT2D eigenvalue weighted by atomic mass is 10.1. The van der Waals surface area contributed by atoms with Gasteiger partial charge in [-0.1, -0.05) is 60.7 Å². The van der Waals surface area contributed by atoms with E-state index in [0.717, 1.165) is 31.2 Å². The van der Waals surface area contributed by atoms with Crippen LogP contribution in [0.4, 0.5) is 4.79 Å². The van der Waals surface area contributed by atoms with E-state index in [1.807, 2.05) is 60.7 Å². The maximum absolute atomic E-state index is 13.6. The largest absolute Gasteiger partial charge is 0.481 e. The number of amides is 3. The van der Waals surface area contributed by atoms with Crippen molar-refractivity contribution in [1.29, 1.82) is 0 Å². The Morgan fingerprint density at radius 3 is 2.20 bits per heavy atom. The molecule has 2 aromatic carbocycles. The van der Waals surface area contributed by atoms with Crippen LogP contribution in [0.2, 0.25) is 0 Å². The summed E-state index contributed by atoms with van der Waals surface area (Å²) in [5.41, 5.74) is 1.58. The van der Waals surface area contributed by atoms with E-state index in [9.17, 15) is 24.3 Å². The van der Waals surface area contributed by atoms with Crippen LogP contribution < -0.4 is 10.1 Å². The lowest BCUT2D eigenvalue weighted by Gasteiger charge is -2.36. The fourth-order valence-electron chi connectivity index (χ4n) is 5.39. The van der Waals surface area contributed by atoms with Gasteiger partial charge < -0.3 is 29.7 Å². The molecule has 0 spiro atoms. The fraction of sp³-hybridized carbons (Fsp3) is 0.394. The average Bonchev–Trinajstić information content (AvgIpc) is 3.59. The molecule has 2 N–H and O–H groups in total. The number of hydrogen-bond acceptors (Lipinski definition) is 8. The van der Waals surface area contributed by atoms with E-state index in [-0.39, 0.29) is 63.3 Å². The zero-order chi connectivity index (χ0) is 31.6. The highest BCUT2D eigenvalue weighted by Gasteiger charge is 2.31. The van der Waals surface area contributed by atoms with Crippen molar-refractivity contribution in [3.8, 4) is 17.3 Å². The van der Waals surface area contributed by atoms with Crippen molar-refractivity contribution in [2.24, 2.45) is 0 Å². The molecular formula is C33H37N5O7. The van der Waals surface area contributed by atoms with Crippen LogP contribution in [0.15, 0.2) is 66.7 Å². The summed E-state index contributed by atoms with van der Waals surface area (Å²) < 4.78 is 11.5. The van der Waals surface area contributed by atoms with Gasteiger partial charge in [-0.05, 0) is 37.7 Å². The molecule has 2 aliphatic rings. The zero-order valence-corrected chi connectivity index (χ0v) is 25.0. The van der Waals surface area contributed by atoms with Gasteiger partial charge in [0.2, 0.25) is 11.8 Å². The monoisotopic (exact) mass is 615 g/mol. The SMILES string of the molecule is O=C(O)CCC(NC(=O)c1cc(OC2CCCC2)nc(-c2ccccc2)n1)C(=O)N1CCN(C(=O)OCc2ccccc2)CC1. The molecule has 3 amide bonds. The molecule has 1 atom stereocenters. The summed E-state index contributed by atoms with van der Waals surface area (Å²) in [5, 5.41) is 12.0. The summed E-state index contributed by atoms with van der Waals surface area (Å²) in [7, 11) is 0. The number of carbonyl (C=O) groups excluding carboxylic acids is 3. The molecule has 2 heterocycles. The molecule has 236 valence electrons. The van der Waals surface area contributed by atoms with Gasteiger partial charge >= 0.3 is 12.1 Å². The number of rotatable bonds is 11. The van der Waals surface area contributed by atoms with Crippen molar-refractivity contribution < 1.29 is 33.8 Å². The minimum Gasteiger partial charge on any atom is -0.481 e. The Balaban J connectivity index is 1.25. The van der Waals surface area contributed by atoms with Gasteiger partial charge in [-0.2, -0.15) is 4.98 Å². The second kappa shape index (κ2) is 15.1. The van der Waals surface area contributed by atoms with Crippen molar-refractivity contribution in [3.05, 3.63) is 78.0 Å². The molecule has 45 heavy (non-hydrogen) atoms. The molecular weight excluding hydrogens is 578 g/mol. The Hall–Kier alpha value is -5.00. The molecule has 2 fully saturated rings. The minimum atomic E-state index is -1.11. The number of piperazine rings is 1. The van der Waals surface area contributed by atoms with Gasteiger partial charge in [0.25, 0.3) is 5.91 Å². The summed E-state index contributed by atoms with van der Waals surface area (Å²) in [6.07, 6.45) is 3.01. The summed E-state index contributed by atoms with van der Waals surface area (Å²) in [6.45, 7) is 1.05. The number of aliphatic carboxylic acids is 1. The van der Waals surface area contributed by atoms with Crippen molar-refractivity contribution in [3.63, 3.8) is 0 Å². The lowest BCUT2D eigenvalue weighted by molar-refractivity contribution is -0.138. The van der Waals surface area contributed by atoms with Gasteiger partial charge in [0.05, 0.1) is 0 Å². The zero-order valence-electron chi connectivity index (χ0n) is 25.0. The quantitative estimate of drug-likeness (QED) is 0.327. The molecule has 1 aliphatic carbocycles. The molecule has 1 saturated carbocycles. The van der Waals surface area contributed by atoms with Gasteiger partial charge in [0.1, 0.15) is 24.4 Å². The Labute approximate surface area is 261 Å². The summed E-state index contributed by atoms with van der Waals surface area (Å²) in [4.78, 5) is 63.2. The highest BCUT2D eigenvalue weighted by molar-refractivity contribution is 5.96. The van der Waals surface area contributed by atoms with Crippen molar-refractivity contribution in [2.75, 3.05) is 26.2 Å². The molecule has 0 radical (unpaired) electrons. The maximum atomic E-state index is 13.6. The summed E-state index contributed by atoms with van der Waals surface area (Å²) >= 11 is 0. The third-order valence-electron chi connectivity index (χ3n) is 7.86. The predicted molar refractivity (Wildman–Crippen MR) is 163 cm³/mol. The number of ether oxygens (including phenoxy) is 2. The van der Waals surface area contributed by atoms with Crippen LogP contribution >= 0.6 is 0 Å². The van der Waals surface area contributed by atoms with E-state index in [2.05, 4.69) is 15.3 Å².